The Morgan fingerprint density at radius 1 is 0.971 bits per heavy atom. The number of carbonyl (C=O) groups is 1. The lowest BCUT2D eigenvalue weighted by Crippen LogP contribution is -2.15. The topological polar surface area (TPSA) is 80.0 Å². The molecule has 0 aliphatic rings. The number of aryl methyl sites for hydroxylation is 4. The highest BCUT2D eigenvalue weighted by atomic mass is 79.9. The average Bonchev–Trinajstić information content (AvgIpc) is 3.16. The van der Waals surface area contributed by atoms with Crippen molar-refractivity contribution in [3.63, 3.8) is 0 Å². The Kier molecular flexibility index (Phi) is 7.09. The number of rotatable bonds is 6. The van der Waals surface area contributed by atoms with Crippen molar-refractivity contribution in [2.24, 2.45) is 0 Å². The molecule has 0 spiro atoms. The molecule has 1 aromatic heterocycles. The molecule has 6 nitrogen and oxygen atoms in total. The number of nitrogens with one attached hydrogen (secondary N) is 1. The predicted octanol–water partition coefficient (Wildman–Crippen LogP) is 6.37. The third-order valence-corrected chi connectivity index (χ3v) is 6.69. The van der Waals surface area contributed by atoms with Gasteiger partial charge in [-0.15, -0.1) is 10.2 Å². The molecule has 34 heavy (non-hydrogen) atoms. The molecular weight excluding hydrogens is 512 g/mol. The first-order chi connectivity index (χ1) is 16.2. The first-order valence-electron chi connectivity index (χ1n) is 10.7. The minimum absolute atomic E-state index is 0.103. The van der Waals surface area contributed by atoms with Crippen molar-refractivity contribution in [2.75, 3.05) is 11.1 Å². The second kappa shape index (κ2) is 10.0. The van der Waals surface area contributed by atoms with Gasteiger partial charge in [0.1, 0.15) is 5.75 Å². The van der Waals surface area contributed by atoms with Crippen molar-refractivity contribution >= 4 is 39.3 Å². The van der Waals surface area contributed by atoms with Crippen LogP contribution in [-0.2, 0) is 4.79 Å². The second-order valence-corrected chi connectivity index (χ2v) is 10.2. The molecule has 0 saturated heterocycles. The average molecular weight is 537 g/mol. The standard InChI is InChI=1S/C26H25BrN4O2S/c1-15-5-7-22(18(4)10-15)31-25(21-13-19(27)6-8-23(21)32)29-30-26(31)34-14-24(33)28-20-11-16(2)9-17(3)12-20/h5-13,32H,14H2,1-4H3,(H,28,33). The summed E-state index contributed by atoms with van der Waals surface area (Å²) in [7, 11) is 0. The quantitative estimate of drug-likeness (QED) is 0.280. The summed E-state index contributed by atoms with van der Waals surface area (Å²) in [5.74, 6) is 0.645. The summed E-state index contributed by atoms with van der Waals surface area (Å²) in [5.41, 5.74) is 6.58. The number of anilines is 1. The Balaban J connectivity index is 1.68. The Bertz CT molecular complexity index is 1360. The highest BCUT2D eigenvalue weighted by Gasteiger charge is 2.21. The second-order valence-electron chi connectivity index (χ2n) is 8.31. The summed E-state index contributed by atoms with van der Waals surface area (Å²) >= 11 is 4.77. The molecule has 0 radical (unpaired) electrons. The zero-order valence-electron chi connectivity index (χ0n) is 19.4. The molecule has 1 heterocycles. The summed E-state index contributed by atoms with van der Waals surface area (Å²) in [5, 5.41) is 22.8. The summed E-state index contributed by atoms with van der Waals surface area (Å²) in [6.45, 7) is 8.07. The fraction of sp³-hybridized carbons (Fsp3) is 0.192. The van der Waals surface area contributed by atoms with Crippen LogP contribution in [0.1, 0.15) is 22.3 Å². The highest BCUT2D eigenvalue weighted by Crippen LogP contribution is 2.35. The first-order valence-corrected chi connectivity index (χ1v) is 12.5. The molecule has 0 saturated carbocycles. The number of phenolic OH excluding ortho intramolecular Hbond substituents is 1. The summed E-state index contributed by atoms with van der Waals surface area (Å²) in [6, 6.07) is 17.3. The van der Waals surface area contributed by atoms with E-state index in [-0.39, 0.29) is 17.4 Å². The highest BCUT2D eigenvalue weighted by molar-refractivity contribution is 9.10. The number of thioether (sulfide) groups is 1. The van der Waals surface area contributed by atoms with Crippen LogP contribution in [0.4, 0.5) is 5.69 Å². The Labute approximate surface area is 211 Å². The lowest BCUT2D eigenvalue weighted by atomic mass is 10.1. The van der Waals surface area contributed by atoms with Crippen molar-refractivity contribution in [1.29, 1.82) is 0 Å². The fourth-order valence-electron chi connectivity index (χ4n) is 3.87. The van der Waals surface area contributed by atoms with Gasteiger partial charge in [0.05, 0.1) is 17.0 Å². The molecule has 8 heteroatoms. The molecule has 0 aliphatic heterocycles. The maximum atomic E-state index is 12.7. The molecule has 174 valence electrons. The molecule has 1 amide bonds. The van der Waals surface area contributed by atoms with E-state index >= 15 is 0 Å². The maximum Gasteiger partial charge on any atom is 0.234 e. The van der Waals surface area contributed by atoms with Crippen LogP contribution >= 0.6 is 27.7 Å². The van der Waals surface area contributed by atoms with Gasteiger partial charge < -0.3 is 10.4 Å². The van der Waals surface area contributed by atoms with E-state index in [2.05, 4.69) is 43.6 Å². The zero-order valence-corrected chi connectivity index (χ0v) is 21.8. The molecule has 2 N–H and O–H groups in total. The molecule has 4 rings (SSSR count). The van der Waals surface area contributed by atoms with E-state index < -0.39 is 0 Å². The van der Waals surface area contributed by atoms with Crippen LogP contribution in [0.15, 0.2) is 64.2 Å². The third kappa shape index (κ3) is 5.34. The zero-order chi connectivity index (χ0) is 24.4. The van der Waals surface area contributed by atoms with Crippen molar-refractivity contribution in [1.82, 2.24) is 14.8 Å². The van der Waals surface area contributed by atoms with Gasteiger partial charge in [-0.1, -0.05) is 51.5 Å². The van der Waals surface area contributed by atoms with Gasteiger partial charge in [-0.3, -0.25) is 9.36 Å². The number of aromatic hydroxyl groups is 1. The first kappa shape index (κ1) is 24.0. The number of carbonyl (C=O) groups excluding carboxylic acids is 1. The Morgan fingerprint density at radius 2 is 1.71 bits per heavy atom. The van der Waals surface area contributed by atoms with Crippen molar-refractivity contribution in [3.05, 3.63) is 81.3 Å². The van der Waals surface area contributed by atoms with E-state index in [1.165, 1.54) is 11.8 Å². The van der Waals surface area contributed by atoms with Gasteiger partial charge >= 0.3 is 0 Å². The van der Waals surface area contributed by atoms with Crippen LogP contribution in [0.25, 0.3) is 17.1 Å². The third-order valence-electron chi connectivity index (χ3n) is 5.26. The van der Waals surface area contributed by atoms with Crippen molar-refractivity contribution in [2.45, 2.75) is 32.9 Å². The minimum Gasteiger partial charge on any atom is -0.507 e. The maximum absolute atomic E-state index is 12.7. The Morgan fingerprint density at radius 3 is 2.41 bits per heavy atom. The molecule has 0 bridgehead atoms. The molecule has 3 aromatic carbocycles. The minimum atomic E-state index is -0.128. The number of amides is 1. The largest absolute Gasteiger partial charge is 0.507 e. The van der Waals surface area contributed by atoms with E-state index in [9.17, 15) is 9.90 Å². The van der Waals surface area contributed by atoms with Crippen molar-refractivity contribution < 1.29 is 9.90 Å². The monoisotopic (exact) mass is 536 g/mol. The van der Waals surface area contributed by atoms with Gasteiger partial charge in [0.25, 0.3) is 0 Å². The van der Waals surface area contributed by atoms with E-state index in [1.54, 1.807) is 18.2 Å². The molecule has 0 fully saturated rings. The predicted molar refractivity (Wildman–Crippen MR) is 141 cm³/mol. The number of aromatic nitrogens is 3. The van der Waals surface area contributed by atoms with Crippen LogP contribution < -0.4 is 5.32 Å². The molecule has 0 atom stereocenters. The number of nitrogens with zero attached hydrogens (tertiary/aromatic N) is 3. The fourth-order valence-corrected chi connectivity index (χ4v) is 4.98. The Hall–Kier alpha value is -3.10. The van der Waals surface area contributed by atoms with Gasteiger partial charge in [-0.25, -0.2) is 0 Å². The van der Waals surface area contributed by atoms with Gasteiger partial charge in [-0.05, 0) is 80.8 Å². The van der Waals surface area contributed by atoms with Gasteiger partial charge in [-0.2, -0.15) is 0 Å². The van der Waals surface area contributed by atoms with Gasteiger partial charge in [0, 0.05) is 10.2 Å². The number of benzene rings is 3. The van der Waals surface area contributed by atoms with Crippen LogP contribution in [0.5, 0.6) is 5.75 Å². The van der Waals surface area contributed by atoms with E-state index in [4.69, 9.17) is 0 Å². The molecule has 4 aromatic rings. The molecule has 0 aliphatic carbocycles. The number of hydrogen-bond acceptors (Lipinski definition) is 5. The van der Waals surface area contributed by atoms with Crippen molar-refractivity contribution in [3.8, 4) is 22.8 Å². The van der Waals surface area contributed by atoms with Gasteiger partial charge in [0.2, 0.25) is 5.91 Å². The SMILES string of the molecule is Cc1cc(C)cc(NC(=O)CSc2nnc(-c3cc(Br)ccc3O)n2-c2ccc(C)cc2C)c1. The smallest absolute Gasteiger partial charge is 0.234 e. The van der Waals surface area contributed by atoms with E-state index in [0.717, 1.165) is 38.1 Å². The van der Waals surface area contributed by atoms with Crippen LogP contribution in [0.3, 0.4) is 0 Å². The van der Waals surface area contributed by atoms with E-state index in [0.29, 0.717) is 16.5 Å². The number of hydrogen-bond donors (Lipinski definition) is 2. The van der Waals surface area contributed by atoms with Crippen LogP contribution in [0.2, 0.25) is 0 Å². The number of halogens is 1. The lowest BCUT2D eigenvalue weighted by molar-refractivity contribution is -0.113. The van der Waals surface area contributed by atoms with E-state index in [1.807, 2.05) is 56.5 Å². The molecule has 0 unspecified atom stereocenters. The van der Waals surface area contributed by atoms with Crippen LogP contribution in [0, 0.1) is 27.7 Å². The summed E-state index contributed by atoms with van der Waals surface area (Å²) < 4.78 is 2.71. The van der Waals surface area contributed by atoms with Crippen LogP contribution in [-0.4, -0.2) is 31.5 Å². The van der Waals surface area contributed by atoms with Gasteiger partial charge in [0.15, 0.2) is 11.0 Å². The molecular formula is C26H25BrN4O2S. The number of phenols is 1. The summed E-state index contributed by atoms with van der Waals surface area (Å²) in [4.78, 5) is 12.7. The summed E-state index contributed by atoms with van der Waals surface area (Å²) in [6.07, 6.45) is 0. The normalized spacial score (nSPS) is 11.0. The lowest BCUT2D eigenvalue weighted by Gasteiger charge is -2.14.